The molecule has 27 heavy (non-hydrogen) atoms. The molecule has 1 saturated heterocycles. The van der Waals surface area contributed by atoms with Gasteiger partial charge in [0.1, 0.15) is 11.9 Å². The number of nitrogens with zero attached hydrogens (tertiary/aromatic N) is 3. The van der Waals surface area contributed by atoms with Gasteiger partial charge in [-0.15, -0.1) is 0 Å². The summed E-state index contributed by atoms with van der Waals surface area (Å²) in [5.74, 6) is -0.126. The predicted molar refractivity (Wildman–Crippen MR) is 102 cm³/mol. The summed E-state index contributed by atoms with van der Waals surface area (Å²) >= 11 is 0. The number of allylic oxidation sites excluding steroid dienone is 1. The average Bonchev–Trinajstić information content (AvgIpc) is 3.16. The second-order valence-electron chi connectivity index (χ2n) is 6.52. The number of urea groups is 1. The molecule has 0 aromatic heterocycles. The molecule has 4 rings (SSSR count). The molecule has 1 aromatic carbocycles. The largest absolute Gasteiger partial charge is 0.497 e. The van der Waals surface area contributed by atoms with E-state index < -0.39 is 5.91 Å². The number of aliphatic imine (C=N–C) groups is 1. The summed E-state index contributed by atoms with van der Waals surface area (Å²) in [6.07, 6.45) is 4.36. The fourth-order valence-electron chi connectivity index (χ4n) is 3.70. The van der Waals surface area contributed by atoms with Crippen LogP contribution < -0.4 is 20.7 Å². The molecule has 0 radical (unpaired) electrons. The Labute approximate surface area is 157 Å². The van der Waals surface area contributed by atoms with E-state index in [0.717, 1.165) is 29.8 Å². The number of ether oxygens (including phenoxy) is 1. The zero-order valence-electron chi connectivity index (χ0n) is 15.2. The van der Waals surface area contributed by atoms with E-state index in [9.17, 15) is 9.59 Å². The van der Waals surface area contributed by atoms with Gasteiger partial charge >= 0.3 is 6.03 Å². The number of amides is 3. The lowest BCUT2D eigenvalue weighted by molar-refractivity contribution is 0.1000. The molecule has 3 heterocycles. The minimum atomic E-state index is -0.582. The van der Waals surface area contributed by atoms with E-state index in [1.165, 1.54) is 12.0 Å². The topological polar surface area (TPSA) is 100 Å². The van der Waals surface area contributed by atoms with Gasteiger partial charge in [0.25, 0.3) is 0 Å². The van der Waals surface area contributed by atoms with Crippen molar-refractivity contribution in [2.24, 2.45) is 10.7 Å². The van der Waals surface area contributed by atoms with E-state index in [2.05, 4.69) is 10.3 Å². The Morgan fingerprint density at radius 3 is 2.93 bits per heavy atom. The summed E-state index contributed by atoms with van der Waals surface area (Å²) in [6.45, 7) is 3.32. The van der Waals surface area contributed by atoms with Gasteiger partial charge in [0.05, 0.1) is 18.5 Å². The number of benzene rings is 1. The normalized spacial score (nSPS) is 21.2. The van der Waals surface area contributed by atoms with Crippen LogP contribution in [0.3, 0.4) is 0 Å². The van der Waals surface area contributed by atoms with Gasteiger partial charge in [-0.25, -0.2) is 4.79 Å². The maximum absolute atomic E-state index is 13.2. The smallest absolute Gasteiger partial charge is 0.333 e. The maximum Gasteiger partial charge on any atom is 0.333 e. The van der Waals surface area contributed by atoms with Crippen LogP contribution >= 0.6 is 0 Å². The highest BCUT2D eigenvalue weighted by Gasteiger charge is 2.37. The molecule has 0 spiro atoms. The molecular weight excluding hydrogens is 346 g/mol. The number of anilines is 1. The summed E-state index contributed by atoms with van der Waals surface area (Å²) in [5, 5.41) is 3.33. The number of rotatable bonds is 4. The second-order valence-corrected chi connectivity index (χ2v) is 6.52. The molecule has 8 heteroatoms. The minimum absolute atomic E-state index is 0.0520. The number of carbonyl (C=O) groups is 2. The monoisotopic (exact) mass is 367 g/mol. The molecule has 0 bridgehead atoms. The standard InChI is InChI=1S/C19H21N5O3/c1-3-23-16-12(9-22-18-15(16)4-5-21-18)10-24(19(23)26)13-6-11(17(20)25)7-14(8-13)27-2/h6-10,18,21H,3-5H2,1-2H3,(H2,20,25). The number of primary amides is 1. The summed E-state index contributed by atoms with van der Waals surface area (Å²) < 4.78 is 5.26. The molecule has 3 aliphatic rings. The summed E-state index contributed by atoms with van der Waals surface area (Å²) in [5.41, 5.74) is 9.17. The summed E-state index contributed by atoms with van der Waals surface area (Å²) in [7, 11) is 1.50. The third-order valence-electron chi connectivity index (χ3n) is 4.98. The highest BCUT2D eigenvalue weighted by atomic mass is 16.5. The molecule has 1 aromatic rings. The van der Waals surface area contributed by atoms with Crippen molar-refractivity contribution in [1.82, 2.24) is 10.2 Å². The van der Waals surface area contributed by atoms with Crippen LogP contribution in [0.1, 0.15) is 23.7 Å². The summed E-state index contributed by atoms with van der Waals surface area (Å²) in [6, 6.07) is 4.65. The Kier molecular flexibility index (Phi) is 4.19. The Morgan fingerprint density at radius 2 is 2.22 bits per heavy atom. The number of nitrogens with two attached hydrogens (primary N) is 1. The van der Waals surface area contributed by atoms with Crippen molar-refractivity contribution in [3.63, 3.8) is 0 Å². The number of fused-ring (bicyclic) bond motifs is 2. The molecule has 1 unspecified atom stereocenters. The first-order chi connectivity index (χ1) is 13.0. The third-order valence-corrected chi connectivity index (χ3v) is 4.98. The highest BCUT2D eigenvalue weighted by Crippen LogP contribution is 2.36. The predicted octanol–water partition coefficient (Wildman–Crippen LogP) is 1.60. The van der Waals surface area contributed by atoms with Crippen LogP contribution in [0.5, 0.6) is 5.75 Å². The minimum Gasteiger partial charge on any atom is -0.497 e. The number of carbonyl (C=O) groups excluding carboxylic acids is 2. The molecule has 140 valence electrons. The van der Waals surface area contributed by atoms with E-state index in [4.69, 9.17) is 10.5 Å². The van der Waals surface area contributed by atoms with Gasteiger partial charge < -0.3 is 10.5 Å². The van der Waals surface area contributed by atoms with E-state index >= 15 is 0 Å². The fourth-order valence-corrected chi connectivity index (χ4v) is 3.70. The molecule has 1 atom stereocenters. The lowest BCUT2D eigenvalue weighted by atomic mass is 9.99. The molecule has 3 aliphatic heterocycles. The Balaban J connectivity index is 1.84. The molecular formula is C19H21N5O3. The van der Waals surface area contributed by atoms with Crippen LogP contribution in [-0.4, -0.2) is 49.4 Å². The van der Waals surface area contributed by atoms with Crippen molar-refractivity contribution in [3.8, 4) is 5.75 Å². The van der Waals surface area contributed by atoms with Crippen molar-refractivity contribution in [2.45, 2.75) is 19.5 Å². The van der Waals surface area contributed by atoms with Gasteiger partial charge in [-0.2, -0.15) is 0 Å². The molecule has 8 nitrogen and oxygen atoms in total. The van der Waals surface area contributed by atoms with Crippen molar-refractivity contribution in [3.05, 3.63) is 46.8 Å². The molecule has 3 amide bonds. The average molecular weight is 367 g/mol. The van der Waals surface area contributed by atoms with Gasteiger partial charge in [-0.3, -0.25) is 24.9 Å². The lowest BCUT2D eigenvalue weighted by Crippen LogP contribution is -2.46. The zero-order valence-corrected chi connectivity index (χ0v) is 15.2. The quantitative estimate of drug-likeness (QED) is 0.844. The van der Waals surface area contributed by atoms with E-state index in [-0.39, 0.29) is 17.8 Å². The number of nitrogens with one attached hydrogen (secondary N) is 1. The molecule has 0 saturated carbocycles. The van der Waals surface area contributed by atoms with Crippen molar-refractivity contribution >= 4 is 23.8 Å². The van der Waals surface area contributed by atoms with Gasteiger partial charge in [0, 0.05) is 42.7 Å². The van der Waals surface area contributed by atoms with Crippen LogP contribution in [0.15, 0.2) is 46.2 Å². The van der Waals surface area contributed by atoms with Crippen molar-refractivity contribution in [2.75, 3.05) is 25.1 Å². The number of methoxy groups -OCH3 is 1. The Hall–Kier alpha value is -3.13. The van der Waals surface area contributed by atoms with Crippen LogP contribution in [0.4, 0.5) is 10.5 Å². The Bertz CT molecular complexity index is 918. The van der Waals surface area contributed by atoms with Crippen molar-refractivity contribution < 1.29 is 14.3 Å². The van der Waals surface area contributed by atoms with Gasteiger partial charge in [-0.05, 0) is 31.1 Å². The number of dihydropyridines is 1. The van der Waals surface area contributed by atoms with Crippen LogP contribution in [-0.2, 0) is 0 Å². The van der Waals surface area contributed by atoms with Crippen molar-refractivity contribution in [1.29, 1.82) is 0 Å². The Morgan fingerprint density at radius 1 is 1.41 bits per heavy atom. The maximum atomic E-state index is 13.2. The molecule has 0 aliphatic carbocycles. The molecule has 1 fully saturated rings. The van der Waals surface area contributed by atoms with Gasteiger partial charge in [-0.1, -0.05) is 0 Å². The highest BCUT2D eigenvalue weighted by molar-refractivity contribution is 6.04. The van der Waals surface area contributed by atoms with Gasteiger partial charge in [0.15, 0.2) is 0 Å². The first-order valence-corrected chi connectivity index (χ1v) is 8.85. The lowest BCUT2D eigenvalue weighted by Gasteiger charge is -2.38. The zero-order chi connectivity index (χ0) is 19.1. The van der Waals surface area contributed by atoms with E-state index in [1.807, 2.05) is 6.92 Å². The van der Waals surface area contributed by atoms with Crippen LogP contribution in [0, 0.1) is 0 Å². The fraction of sp³-hybridized carbons (Fsp3) is 0.316. The summed E-state index contributed by atoms with van der Waals surface area (Å²) in [4.78, 5) is 32.7. The van der Waals surface area contributed by atoms with E-state index in [1.54, 1.807) is 35.5 Å². The first kappa shape index (κ1) is 17.3. The van der Waals surface area contributed by atoms with Crippen LogP contribution in [0.2, 0.25) is 0 Å². The van der Waals surface area contributed by atoms with Crippen LogP contribution in [0.25, 0.3) is 0 Å². The van der Waals surface area contributed by atoms with Gasteiger partial charge in [0.2, 0.25) is 5.91 Å². The van der Waals surface area contributed by atoms with E-state index in [0.29, 0.717) is 18.0 Å². The first-order valence-electron chi connectivity index (χ1n) is 8.85. The number of hydrogen-bond acceptors (Lipinski definition) is 5. The SMILES string of the molecule is CCN1C(=O)N(c2cc(OC)cc(C(N)=O)c2)C=C2C=NC3NCCC3=C21. The molecule has 3 N–H and O–H groups in total. The number of likely N-dealkylation sites (N-methyl/N-ethyl adjacent to an activating group) is 1. The second kappa shape index (κ2) is 6.55. The number of hydrogen-bond donors (Lipinski definition) is 2. The third kappa shape index (κ3) is 2.78.